The average Bonchev–Trinajstić information content (AvgIpc) is 2.55. The van der Waals surface area contributed by atoms with Crippen molar-refractivity contribution in [3.63, 3.8) is 0 Å². The Labute approximate surface area is 141 Å². The SMILES string of the molecule is COC(=O)Nc1cccc(C(=O)Nc2ccc(C)c(C(F)(F)F)c2)c1. The van der Waals surface area contributed by atoms with Crippen molar-refractivity contribution in [1.82, 2.24) is 0 Å². The molecule has 0 spiro atoms. The highest BCUT2D eigenvalue weighted by atomic mass is 19.4. The average molecular weight is 352 g/mol. The molecular weight excluding hydrogens is 337 g/mol. The van der Waals surface area contributed by atoms with E-state index in [0.29, 0.717) is 5.69 Å². The van der Waals surface area contributed by atoms with Crippen LogP contribution in [0.25, 0.3) is 0 Å². The van der Waals surface area contributed by atoms with Crippen molar-refractivity contribution >= 4 is 23.4 Å². The summed E-state index contributed by atoms with van der Waals surface area (Å²) in [6.07, 6.45) is -5.21. The van der Waals surface area contributed by atoms with Crippen LogP contribution in [0.3, 0.4) is 0 Å². The van der Waals surface area contributed by atoms with Gasteiger partial charge in [0, 0.05) is 16.9 Å². The van der Waals surface area contributed by atoms with E-state index in [2.05, 4.69) is 15.4 Å². The van der Waals surface area contributed by atoms with E-state index in [1.807, 2.05) is 0 Å². The Balaban J connectivity index is 2.20. The van der Waals surface area contributed by atoms with Gasteiger partial charge in [0.25, 0.3) is 5.91 Å². The maximum Gasteiger partial charge on any atom is 0.416 e. The van der Waals surface area contributed by atoms with Gasteiger partial charge in [-0.3, -0.25) is 10.1 Å². The fourth-order valence-corrected chi connectivity index (χ4v) is 2.12. The van der Waals surface area contributed by atoms with E-state index in [4.69, 9.17) is 0 Å². The predicted octanol–water partition coefficient (Wildman–Crippen LogP) is 4.44. The van der Waals surface area contributed by atoms with E-state index < -0.39 is 23.7 Å². The zero-order valence-electron chi connectivity index (χ0n) is 13.4. The van der Waals surface area contributed by atoms with Crippen LogP contribution >= 0.6 is 0 Å². The number of carbonyl (C=O) groups excluding carboxylic acids is 2. The highest BCUT2D eigenvalue weighted by Gasteiger charge is 2.32. The molecule has 0 fully saturated rings. The second kappa shape index (κ2) is 7.25. The second-order valence-electron chi connectivity index (χ2n) is 5.18. The van der Waals surface area contributed by atoms with Crippen molar-refractivity contribution < 1.29 is 27.5 Å². The van der Waals surface area contributed by atoms with Crippen LogP contribution in [-0.2, 0) is 10.9 Å². The number of hydrogen-bond donors (Lipinski definition) is 2. The molecule has 25 heavy (non-hydrogen) atoms. The molecule has 0 aromatic heterocycles. The third-order valence-corrected chi connectivity index (χ3v) is 3.36. The van der Waals surface area contributed by atoms with E-state index in [9.17, 15) is 22.8 Å². The molecular formula is C17H15F3N2O3. The van der Waals surface area contributed by atoms with Crippen LogP contribution in [0.4, 0.5) is 29.3 Å². The number of carbonyl (C=O) groups is 2. The topological polar surface area (TPSA) is 67.4 Å². The monoisotopic (exact) mass is 352 g/mol. The highest BCUT2D eigenvalue weighted by Crippen LogP contribution is 2.33. The Morgan fingerprint density at radius 3 is 2.32 bits per heavy atom. The van der Waals surface area contributed by atoms with Crippen LogP contribution < -0.4 is 10.6 Å². The molecule has 0 aliphatic heterocycles. The molecule has 0 saturated heterocycles. The first-order chi connectivity index (χ1) is 11.7. The van der Waals surface area contributed by atoms with Gasteiger partial charge in [-0.25, -0.2) is 4.79 Å². The van der Waals surface area contributed by atoms with E-state index >= 15 is 0 Å². The Bertz CT molecular complexity index is 804. The first-order valence-electron chi connectivity index (χ1n) is 7.15. The van der Waals surface area contributed by atoms with Crippen LogP contribution in [0.5, 0.6) is 0 Å². The molecule has 0 radical (unpaired) electrons. The fraction of sp³-hybridized carbons (Fsp3) is 0.176. The number of hydrogen-bond acceptors (Lipinski definition) is 3. The van der Waals surface area contributed by atoms with Gasteiger partial charge >= 0.3 is 12.3 Å². The number of halogens is 3. The predicted molar refractivity (Wildman–Crippen MR) is 86.6 cm³/mol. The number of alkyl halides is 3. The third kappa shape index (κ3) is 4.72. The smallest absolute Gasteiger partial charge is 0.416 e. The summed E-state index contributed by atoms with van der Waals surface area (Å²) in [6.45, 7) is 1.34. The molecule has 0 saturated carbocycles. The molecule has 0 aliphatic carbocycles. The number of benzene rings is 2. The molecule has 132 valence electrons. The quantitative estimate of drug-likeness (QED) is 0.858. The maximum atomic E-state index is 12.9. The Kier molecular flexibility index (Phi) is 5.31. The van der Waals surface area contributed by atoms with Gasteiger partial charge in [-0.2, -0.15) is 13.2 Å². The van der Waals surface area contributed by atoms with E-state index in [-0.39, 0.29) is 16.8 Å². The van der Waals surface area contributed by atoms with Crippen molar-refractivity contribution in [3.05, 3.63) is 59.2 Å². The van der Waals surface area contributed by atoms with Crippen LogP contribution in [-0.4, -0.2) is 19.1 Å². The normalized spacial score (nSPS) is 10.9. The van der Waals surface area contributed by atoms with Gasteiger partial charge in [0.2, 0.25) is 0 Å². The van der Waals surface area contributed by atoms with Crippen molar-refractivity contribution in [3.8, 4) is 0 Å². The Morgan fingerprint density at radius 2 is 1.68 bits per heavy atom. The summed E-state index contributed by atoms with van der Waals surface area (Å²) in [7, 11) is 1.20. The molecule has 5 nitrogen and oxygen atoms in total. The molecule has 2 rings (SSSR count). The van der Waals surface area contributed by atoms with Crippen molar-refractivity contribution in [2.24, 2.45) is 0 Å². The summed E-state index contributed by atoms with van der Waals surface area (Å²) in [4.78, 5) is 23.4. The van der Waals surface area contributed by atoms with Gasteiger partial charge < -0.3 is 10.1 Å². The molecule has 2 amide bonds. The molecule has 0 aliphatic rings. The van der Waals surface area contributed by atoms with Gasteiger partial charge in [0.1, 0.15) is 0 Å². The minimum absolute atomic E-state index is 0.0225. The van der Waals surface area contributed by atoms with Crippen LogP contribution in [0, 0.1) is 6.92 Å². The van der Waals surface area contributed by atoms with Gasteiger partial charge in [-0.1, -0.05) is 12.1 Å². The number of methoxy groups -OCH3 is 1. The van der Waals surface area contributed by atoms with Gasteiger partial charge in [0.05, 0.1) is 12.7 Å². The lowest BCUT2D eigenvalue weighted by molar-refractivity contribution is -0.138. The first-order valence-corrected chi connectivity index (χ1v) is 7.15. The fourth-order valence-electron chi connectivity index (χ4n) is 2.12. The third-order valence-electron chi connectivity index (χ3n) is 3.36. The lowest BCUT2D eigenvalue weighted by Crippen LogP contribution is -2.15. The van der Waals surface area contributed by atoms with Gasteiger partial charge in [-0.05, 0) is 42.8 Å². The van der Waals surface area contributed by atoms with Crippen molar-refractivity contribution in [2.75, 3.05) is 17.7 Å². The molecule has 2 N–H and O–H groups in total. The summed E-state index contributed by atoms with van der Waals surface area (Å²) >= 11 is 0. The number of amides is 2. The summed E-state index contributed by atoms with van der Waals surface area (Å²) in [5, 5.41) is 4.81. The highest BCUT2D eigenvalue weighted by molar-refractivity contribution is 6.05. The number of ether oxygens (including phenoxy) is 1. The van der Waals surface area contributed by atoms with Gasteiger partial charge in [0.15, 0.2) is 0 Å². The lowest BCUT2D eigenvalue weighted by Gasteiger charge is -2.13. The summed E-state index contributed by atoms with van der Waals surface area (Å²) in [6, 6.07) is 9.47. The molecule has 0 atom stereocenters. The largest absolute Gasteiger partial charge is 0.453 e. The van der Waals surface area contributed by atoms with Gasteiger partial charge in [-0.15, -0.1) is 0 Å². The molecule has 2 aromatic carbocycles. The molecule has 0 bridgehead atoms. The lowest BCUT2D eigenvalue weighted by atomic mass is 10.1. The standard InChI is InChI=1S/C17H15F3N2O3/c1-10-6-7-13(9-14(10)17(18,19)20)21-15(23)11-4-3-5-12(8-11)22-16(24)25-2/h3-9H,1-2H3,(H,21,23)(H,22,24). The summed E-state index contributed by atoms with van der Waals surface area (Å²) in [5.74, 6) is -0.606. The number of anilines is 2. The zero-order chi connectivity index (χ0) is 18.6. The van der Waals surface area contributed by atoms with E-state index in [1.54, 1.807) is 6.07 Å². The second-order valence-corrected chi connectivity index (χ2v) is 5.18. The Hall–Kier alpha value is -3.03. The van der Waals surface area contributed by atoms with Crippen molar-refractivity contribution in [2.45, 2.75) is 13.1 Å². The molecule has 2 aromatic rings. The van der Waals surface area contributed by atoms with Crippen LogP contribution in [0.2, 0.25) is 0 Å². The number of aryl methyl sites for hydroxylation is 1. The Morgan fingerprint density at radius 1 is 1.00 bits per heavy atom. The van der Waals surface area contributed by atoms with E-state index in [0.717, 1.165) is 6.07 Å². The summed E-state index contributed by atoms with van der Waals surface area (Å²) < 4.78 is 43.2. The molecule has 0 heterocycles. The number of rotatable bonds is 3. The summed E-state index contributed by atoms with van der Waals surface area (Å²) in [5.41, 5.74) is -0.238. The maximum absolute atomic E-state index is 12.9. The van der Waals surface area contributed by atoms with Crippen LogP contribution in [0.15, 0.2) is 42.5 Å². The minimum atomic E-state index is -4.50. The van der Waals surface area contributed by atoms with E-state index in [1.165, 1.54) is 44.4 Å². The molecule has 8 heteroatoms. The van der Waals surface area contributed by atoms with Crippen LogP contribution in [0.1, 0.15) is 21.5 Å². The number of nitrogens with one attached hydrogen (secondary N) is 2. The van der Waals surface area contributed by atoms with Crippen molar-refractivity contribution in [1.29, 1.82) is 0 Å². The first kappa shape index (κ1) is 18.3. The zero-order valence-corrected chi connectivity index (χ0v) is 13.4. The molecule has 0 unspecified atom stereocenters. The minimum Gasteiger partial charge on any atom is -0.453 e.